The number of ether oxygens (including phenoxy) is 1. The molecule has 1 aromatic carbocycles. The highest BCUT2D eigenvalue weighted by atomic mass is 79.9. The highest BCUT2D eigenvalue weighted by Gasteiger charge is 2.14. The van der Waals surface area contributed by atoms with Gasteiger partial charge in [-0.1, -0.05) is 15.9 Å². The molecule has 4 heteroatoms. The maximum Gasteiger partial charge on any atom is 0.101 e. The SMILES string of the molecule is N#Cc1ccc(Br)cc1NC1CCOCC1. The molecule has 2 rings (SSSR count). The Balaban J connectivity index is 2.13. The van der Waals surface area contributed by atoms with Gasteiger partial charge in [0.15, 0.2) is 0 Å². The van der Waals surface area contributed by atoms with Gasteiger partial charge in [-0.25, -0.2) is 0 Å². The fourth-order valence-electron chi connectivity index (χ4n) is 1.80. The Kier molecular flexibility index (Phi) is 3.81. The minimum atomic E-state index is 0.412. The van der Waals surface area contributed by atoms with E-state index in [1.54, 1.807) is 0 Å². The molecule has 1 N–H and O–H groups in total. The summed E-state index contributed by atoms with van der Waals surface area (Å²) in [5.74, 6) is 0. The van der Waals surface area contributed by atoms with Gasteiger partial charge in [-0.05, 0) is 31.0 Å². The predicted octanol–water partition coefficient (Wildman–Crippen LogP) is 2.91. The zero-order chi connectivity index (χ0) is 11.4. The van der Waals surface area contributed by atoms with Crippen molar-refractivity contribution in [2.75, 3.05) is 18.5 Å². The van der Waals surface area contributed by atoms with Crippen molar-refractivity contribution in [3.63, 3.8) is 0 Å². The third-order valence-electron chi connectivity index (χ3n) is 2.68. The van der Waals surface area contributed by atoms with Crippen molar-refractivity contribution in [2.45, 2.75) is 18.9 Å². The number of nitriles is 1. The molecule has 0 radical (unpaired) electrons. The lowest BCUT2D eigenvalue weighted by atomic mass is 10.1. The summed E-state index contributed by atoms with van der Waals surface area (Å²) in [6, 6.07) is 8.27. The van der Waals surface area contributed by atoms with Crippen molar-refractivity contribution in [1.82, 2.24) is 0 Å². The van der Waals surface area contributed by atoms with Crippen molar-refractivity contribution >= 4 is 21.6 Å². The molecule has 0 saturated carbocycles. The lowest BCUT2D eigenvalue weighted by molar-refractivity contribution is 0.0904. The highest BCUT2D eigenvalue weighted by molar-refractivity contribution is 9.10. The Morgan fingerprint density at radius 1 is 1.38 bits per heavy atom. The van der Waals surface area contributed by atoms with Crippen LogP contribution in [0, 0.1) is 11.3 Å². The summed E-state index contributed by atoms with van der Waals surface area (Å²) in [5.41, 5.74) is 1.60. The lowest BCUT2D eigenvalue weighted by Gasteiger charge is -2.24. The first-order valence-electron chi connectivity index (χ1n) is 5.33. The zero-order valence-electron chi connectivity index (χ0n) is 8.87. The van der Waals surface area contributed by atoms with Gasteiger partial charge in [0.25, 0.3) is 0 Å². The molecule has 84 valence electrons. The number of rotatable bonds is 2. The first-order valence-corrected chi connectivity index (χ1v) is 6.13. The van der Waals surface area contributed by atoms with Crippen LogP contribution in [0.5, 0.6) is 0 Å². The Morgan fingerprint density at radius 3 is 2.81 bits per heavy atom. The van der Waals surface area contributed by atoms with E-state index in [-0.39, 0.29) is 0 Å². The normalized spacial score (nSPS) is 16.8. The van der Waals surface area contributed by atoms with Crippen molar-refractivity contribution < 1.29 is 4.74 Å². The van der Waals surface area contributed by atoms with Gasteiger partial charge < -0.3 is 10.1 Å². The van der Waals surface area contributed by atoms with Crippen LogP contribution in [-0.2, 0) is 4.74 Å². The van der Waals surface area contributed by atoms with Gasteiger partial charge in [-0.2, -0.15) is 5.26 Å². The summed E-state index contributed by atoms with van der Waals surface area (Å²) in [5, 5.41) is 12.4. The van der Waals surface area contributed by atoms with E-state index >= 15 is 0 Å². The van der Waals surface area contributed by atoms with Crippen molar-refractivity contribution in [3.05, 3.63) is 28.2 Å². The number of anilines is 1. The van der Waals surface area contributed by atoms with Crippen molar-refractivity contribution in [3.8, 4) is 6.07 Å². The van der Waals surface area contributed by atoms with E-state index in [1.807, 2.05) is 18.2 Å². The molecule has 3 nitrogen and oxygen atoms in total. The van der Waals surface area contributed by atoms with Gasteiger partial charge in [0.05, 0.1) is 11.3 Å². The highest BCUT2D eigenvalue weighted by Crippen LogP contribution is 2.23. The Morgan fingerprint density at radius 2 is 2.12 bits per heavy atom. The van der Waals surface area contributed by atoms with E-state index in [1.165, 1.54) is 0 Å². The molecule has 0 bridgehead atoms. The summed E-state index contributed by atoms with van der Waals surface area (Å²) in [4.78, 5) is 0. The molecule has 0 amide bonds. The molecule has 1 aliphatic rings. The molecule has 0 atom stereocenters. The molecular weight excluding hydrogens is 268 g/mol. The summed E-state index contributed by atoms with van der Waals surface area (Å²) in [6.45, 7) is 1.60. The van der Waals surface area contributed by atoms with E-state index in [4.69, 9.17) is 10.00 Å². The summed E-state index contributed by atoms with van der Waals surface area (Å²) < 4.78 is 6.29. The molecule has 1 aromatic rings. The number of hydrogen-bond donors (Lipinski definition) is 1. The van der Waals surface area contributed by atoms with Gasteiger partial charge in [0.1, 0.15) is 6.07 Å². The van der Waals surface area contributed by atoms with Gasteiger partial charge in [-0.3, -0.25) is 0 Å². The van der Waals surface area contributed by atoms with Crippen LogP contribution in [0.4, 0.5) is 5.69 Å². The second kappa shape index (κ2) is 5.33. The topological polar surface area (TPSA) is 45.0 Å². The molecule has 1 saturated heterocycles. The molecule has 0 unspecified atom stereocenters. The molecule has 1 heterocycles. The first-order chi connectivity index (χ1) is 7.79. The molecule has 0 aliphatic carbocycles. The van der Waals surface area contributed by atoms with E-state index in [0.717, 1.165) is 36.2 Å². The third kappa shape index (κ3) is 2.75. The molecular formula is C12H13BrN2O. The van der Waals surface area contributed by atoms with E-state index in [2.05, 4.69) is 27.3 Å². The van der Waals surface area contributed by atoms with Crippen LogP contribution >= 0.6 is 15.9 Å². The molecule has 0 spiro atoms. The predicted molar refractivity (Wildman–Crippen MR) is 66.3 cm³/mol. The van der Waals surface area contributed by atoms with Crippen LogP contribution in [0.1, 0.15) is 18.4 Å². The fraction of sp³-hybridized carbons (Fsp3) is 0.417. The smallest absolute Gasteiger partial charge is 0.101 e. The van der Waals surface area contributed by atoms with Crippen LogP contribution in [0.15, 0.2) is 22.7 Å². The third-order valence-corrected chi connectivity index (χ3v) is 3.18. The summed E-state index contributed by atoms with van der Waals surface area (Å²) in [6.07, 6.45) is 1.99. The largest absolute Gasteiger partial charge is 0.381 e. The van der Waals surface area contributed by atoms with E-state index in [9.17, 15) is 0 Å². The molecule has 0 aromatic heterocycles. The number of benzene rings is 1. The summed E-state index contributed by atoms with van der Waals surface area (Å²) in [7, 11) is 0. The van der Waals surface area contributed by atoms with Crippen molar-refractivity contribution in [1.29, 1.82) is 5.26 Å². The van der Waals surface area contributed by atoms with Crippen LogP contribution in [-0.4, -0.2) is 19.3 Å². The minimum absolute atomic E-state index is 0.412. The Hall–Kier alpha value is -1.05. The van der Waals surface area contributed by atoms with Crippen molar-refractivity contribution in [2.24, 2.45) is 0 Å². The van der Waals surface area contributed by atoms with Crippen LogP contribution in [0.25, 0.3) is 0 Å². The minimum Gasteiger partial charge on any atom is -0.381 e. The maximum atomic E-state index is 9.01. The monoisotopic (exact) mass is 280 g/mol. The molecule has 1 fully saturated rings. The average Bonchev–Trinajstić information content (AvgIpc) is 2.31. The van der Waals surface area contributed by atoms with E-state index in [0.29, 0.717) is 11.6 Å². The first kappa shape index (κ1) is 11.4. The summed E-state index contributed by atoms with van der Waals surface area (Å²) >= 11 is 3.42. The fourth-order valence-corrected chi connectivity index (χ4v) is 2.16. The van der Waals surface area contributed by atoms with Gasteiger partial charge in [-0.15, -0.1) is 0 Å². The number of nitrogens with zero attached hydrogens (tertiary/aromatic N) is 1. The lowest BCUT2D eigenvalue weighted by Crippen LogP contribution is -2.28. The zero-order valence-corrected chi connectivity index (χ0v) is 10.5. The standard InChI is InChI=1S/C12H13BrN2O/c13-10-2-1-9(8-14)12(7-10)15-11-3-5-16-6-4-11/h1-2,7,11,15H,3-6H2. The second-order valence-corrected chi connectivity index (χ2v) is 4.75. The van der Waals surface area contributed by atoms with Gasteiger partial charge in [0.2, 0.25) is 0 Å². The Bertz CT molecular complexity index is 408. The average molecular weight is 281 g/mol. The number of nitrogens with one attached hydrogen (secondary N) is 1. The van der Waals surface area contributed by atoms with Gasteiger partial charge in [0, 0.05) is 23.7 Å². The van der Waals surface area contributed by atoms with Crippen LogP contribution in [0.3, 0.4) is 0 Å². The maximum absolute atomic E-state index is 9.01. The van der Waals surface area contributed by atoms with E-state index < -0.39 is 0 Å². The Labute approximate surface area is 104 Å². The molecule has 16 heavy (non-hydrogen) atoms. The number of halogens is 1. The van der Waals surface area contributed by atoms with Crippen LogP contribution < -0.4 is 5.32 Å². The number of hydrogen-bond acceptors (Lipinski definition) is 3. The van der Waals surface area contributed by atoms with Gasteiger partial charge >= 0.3 is 0 Å². The molecule has 1 aliphatic heterocycles. The second-order valence-electron chi connectivity index (χ2n) is 3.83. The quantitative estimate of drug-likeness (QED) is 0.906. The van der Waals surface area contributed by atoms with Crippen LogP contribution in [0.2, 0.25) is 0 Å².